The molecule has 0 unspecified atom stereocenters. The molecule has 0 radical (unpaired) electrons. The van der Waals surface area contributed by atoms with Crippen LogP contribution in [0.15, 0.2) is 23.2 Å². The van der Waals surface area contributed by atoms with Gasteiger partial charge in [-0.25, -0.2) is 8.42 Å². The molecule has 166 valence electrons. The first-order chi connectivity index (χ1) is 13.9. The molecule has 1 aromatic carbocycles. The van der Waals surface area contributed by atoms with Crippen LogP contribution in [0.4, 0.5) is 0 Å². The number of ether oxygens (including phenoxy) is 3. The number of guanidine groups is 1. The average Bonchev–Trinajstić information content (AvgIpc) is 2.67. The molecule has 0 fully saturated rings. The van der Waals surface area contributed by atoms with E-state index in [1.165, 1.54) is 11.8 Å². The van der Waals surface area contributed by atoms with Gasteiger partial charge in [0.25, 0.3) is 0 Å². The van der Waals surface area contributed by atoms with Gasteiger partial charge in [-0.2, -0.15) is 0 Å². The van der Waals surface area contributed by atoms with Crippen molar-refractivity contribution in [2.24, 2.45) is 4.99 Å². The van der Waals surface area contributed by atoms with Crippen molar-refractivity contribution in [1.82, 2.24) is 10.6 Å². The number of nitrogens with zero attached hydrogens (tertiary/aromatic N) is 1. The van der Waals surface area contributed by atoms with Crippen LogP contribution in [-0.2, 0) is 21.0 Å². The number of methoxy groups -OCH3 is 1. The van der Waals surface area contributed by atoms with Crippen molar-refractivity contribution in [3.63, 3.8) is 0 Å². The van der Waals surface area contributed by atoms with Crippen LogP contribution in [0, 0.1) is 0 Å². The van der Waals surface area contributed by atoms with Crippen LogP contribution < -0.4 is 20.1 Å². The Kier molecular flexibility index (Phi) is 12.1. The molecule has 0 atom stereocenters. The Morgan fingerprint density at radius 2 is 1.93 bits per heavy atom. The predicted octanol–water partition coefficient (Wildman–Crippen LogP) is 1.64. The number of sulfone groups is 1. The molecule has 0 aliphatic heterocycles. The first-order valence-corrected chi connectivity index (χ1v) is 12.0. The Morgan fingerprint density at radius 1 is 1.14 bits per heavy atom. The molecular weight excluding hydrogens is 394 g/mol. The van der Waals surface area contributed by atoms with Gasteiger partial charge in [-0.15, -0.1) is 0 Å². The third-order valence-corrected chi connectivity index (χ3v) is 4.81. The second-order valence-corrected chi connectivity index (χ2v) is 8.71. The summed E-state index contributed by atoms with van der Waals surface area (Å²) in [4.78, 5) is 4.57. The summed E-state index contributed by atoms with van der Waals surface area (Å²) in [7, 11) is -1.34. The standard InChI is InChI=1S/C20H35N3O5S/c1-5-21-20(23-12-13-27-14-15-29(4,24)25)22-11-7-8-17-9-10-18(26-3)19(16-17)28-6-2/h9-10,16H,5-8,11-15H2,1-4H3,(H2,21,22,23). The van der Waals surface area contributed by atoms with Gasteiger partial charge in [-0.1, -0.05) is 6.07 Å². The number of aryl methyl sites for hydroxylation is 1. The lowest BCUT2D eigenvalue weighted by molar-refractivity contribution is 0.154. The van der Waals surface area contributed by atoms with Gasteiger partial charge in [-0.3, -0.25) is 4.99 Å². The Hall–Kier alpha value is -2.00. The Balaban J connectivity index is 2.39. The van der Waals surface area contributed by atoms with E-state index in [0.29, 0.717) is 26.3 Å². The van der Waals surface area contributed by atoms with Crippen molar-refractivity contribution in [1.29, 1.82) is 0 Å². The quantitative estimate of drug-likeness (QED) is 0.264. The van der Waals surface area contributed by atoms with Gasteiger partial charge in [0.2, 0.25) is 0 Å². The van der Waals surface area contributed by atoms with Crippen LogP contribution in [0.3, 0.4) is 0 Å². The third-order valence-electron chi connectivity index (χ3n) is 3.90. The zero-order chi connectivity index (χ0) is 21.5. The summed E-state index contributed by atoms with van der Waals surface area (Å²) in [5.41, 5.74) is 1.18. The first-order valence-electron chi connectivity index (χ1n) is 9.97. The van der Waals surface area contributed by atoms with E-state index < -0.39 is 9.84 Å². The Labute approximate surface area is 175 Å². The van der Waals surface area contributed by atoms with E-state index in [-0.39, 0.29) is 12.4 Å². The van der Waals surface area contributed by atoms with E-state index in [9.17, 15) is 8.42 Å². The summed E-state index contributed by atoms with van der Waals surface area (Å²) in [5, 5.41) is 6.37. The number of rotatable bonds is 14. The number of benzene rings is 1. The largest absolute Gasteiger partial charge is 0.493 e. The highest BCUT2D eigenvalue weighted by molar-refractivity contribution is 7.90. The first kappa shape index (κ1) is 25.0. The molecule has 0 amide bonds. The summed E-state index contributed by atoms with van der Waals surface area (Å²) in [6.07, 6.45) is 3.00. The van der Waals surface area contributed by atoms with Crippen molar-refractivity contribution in [2.75, 3.05) is 58.6 Å². The topological polar surface area (TPSA) is 98.2 Å². The molecule has 29 heavy (non-hydrogen) atoms. The lowest BCUT2D eigenvalue weighted by Crippen LogP contribution is -2.39. The zero-order valence-corrected chi connectivity index (χ0v) is 18.8. The van der Waals surface area contributed by atoms with Crippen molar-refractivity contribution in [2.45, 2.75) is 26.7 Å². The van der Waals surface area contributed by atoms with Crippen LogP contribution in [0.2, 0.25) is 0 Å². The van der Waals surface area contributed by atoms with Gasteiger partial charge in [-0.05, 0) is 44.4 Å². The molecular formula is C20H35N3O5S. The van der Waals surface area contributed by atoms with Gasteiger partial charge in [0, 0.05) is 25.9 Å². The molecule has 0 aliphatic rings. The molecule has 1 aromatic rings. The summed E-state index contributed by atoms with van der Waals surface area (Å²) < 4.78 is 38.4. The Bertz CT molecular complexity index is 723. The van der Waals surface area contributed by atoms with Gasteiger partial charge in [0.15, 0.2) is 17.5 Å². The van der Waals surface area contributed by atoms with E-state index in [4.69, 9.17) is 14.2 Å². The Morgan fingerprint density at radius 3 is 2.59 bits per heavy atom. The van der Waals surface area contributed by atoms with Crippen LogP contribution in [-0.4, -0.2) is 73.0 Å². The number of aliphatic imine (C=N–C) groups is 1. The maximum Gasteiger partial charge on any atom is 0.191 e. The molecule has 1 rings (SSSR count). The highest BCUT2D eigenvalue weighted by Gasteiger charge is 2.05. The molecule has 0 bridgehead atoms. The zero-order valence-electron chi connectivity index (χ0n) is 18.0. The van der Waals surface area contributed by atoms with Crippen molar-refractivity contribution < 1.29 is 22.6 Å². The monoisotopic (exact) mass is 429 g/mol. The number of hydrogen-bond donors (Lipinski definition) is 2. The van der Waals surface area contributed by atoms with Crippen LogP contribution in [0.1, 0.15) is 25.8 Å². The highest BCUT2D eigenvalue weighted by atomic mass is 32.2. The minimum absolute atomic E-state index is 0.0392. The number of nitrogens with one attached hydrogen (secondary N) is 2. The molecule has 0 aromatic heterocycles. The third kappa shape index (κ3) is 11.6. The summed E-state index contributed by atoms with van der Waals surface area (Å²) in [6, 6.07) is 5.99. The van der Waals surface area contributed by atoms with Gasteiger partial charge >= 0.3 is 0 Å². The molecule has 0 saturated carbocycles. The summed E-state index contributed by atoms with van der Waals surface area (Å²) in [5.74, 6) is 2.27. The van der Waals surface area contributed by atoms with Gasteiger partial charge in [0.05, 0.1) is 32.7 Å². The minimum atomic E-state index is -2.98. The van der Waals surface area contributed by atoms with E-state index in [1.54, 1.807) is 7.11 Å². The molecule has 0 aliphatic carbocycles. The second kappa shape index (κ2) is 14.1. The van der Waals surface area contributed by atoms with Crippen LogP contribution in [0.5, 0.6) is 11.5 Å². The van der Waals surface area contributed by atoms with Crippen molar-refractivity contribution in [3.8, 4) is 11.5 Å². The number of hydrogen-bond acceptors (Lipinski definition) is 6. The predicted molar refractivity (Wildman–Crippen MR) is 117 cm³/mol. The normalized spacial score (nSPS) is 11.9. The summed E-state index contributed by atoms with van der Waals surface area (Å²) >= 11 is 0. The van der Waals surface area contributed by atoms with E-state index in [2.05, 4.69) is 15.6 Å². The smallest absolute Gasteiger partial charge is 0.191 e. The summed E-state index contributed by atoms with van der Waals surface area (Å²) in [6.45, 7) is 7.19. The maximum absolute atomic E-state index is 11.1. The average molecular weight is 430 g/mol. The minimum Gasteiger partial charge on any atom is -0.493 e. The fourth-order valence-corrected chi connectivity index (χ4v) is 2.94. The SMILES string of the molecule is CCNC(=NCCCc1ccc(OC)c(OCC)c1)NCCOCCS(C)(=O)=O. The lowest BCUT2D eigenvalue weighted by atomic mass is 10.1. The van der Waals surface area contributed by atoms with Gasteiger partial charge < -0.3 is 24.8 Å². The molecule has 9 heteroatoms. The molecule has 0 saturated heterocycles. The van der Waals surface area contributed by atoms with E-state index in [0.717, 1.165) is 36.8 Å². The van der Waals surface area contributed by atoms with Crippen molar-refractivity contribution in [3.05, 3.63) is 23.8 Å². The van der Waals surface area contributed by atoms with Crippen molar-refractivity contribution >= 4 is 15.8 Å². The van der Waals surface area contributed by atoms with Crippen LogP contribution in [0.25, 0.3) is 0 Å². The van der Waals surface area contributed by atoms with Gasteiger partial charge in [0.1, 0.15) is 9.84 Å². The second-order valence-electron chi connectivity index (χ2n) is 6.45. The van der Waals surface area contributed by atoms with Crippen LogP contribution >= 0.6 is 0 Å². The van der Waals surface area contributed by atoms with E-state index >= 15 is 0 Å². The fourth-order valence-electron chi connectivity index (χ4n) is 2.51. The highest BCUT2D eigenvalue weighted by Crippen LogP contribution is 2.28. The lowest BCUT2D eigenvalue weighted by Gasteiger charge is -2.12. The fraction of sp³-hybridized carbons (Fsp3) is 0.650. The molecule has 0 heterocycles. The maximum atomic E-state index is 11.1. The molecule has 8 nitrogen and oxygen atoms in total. The molecule has 0 spiro atoms. The van der Waals surface area contributed by atoms with E-state index in [1.807, 2.05) is 32.0 Å². The molecule has 2 N–H and O–H groups in total.